The van der Waals surface area contributed by atoms with Crippen LogP contribution >= 0.6 is 13.5 Å². The molecule has 4 fully saturated rings. The maximum Gasteiger partial charge on any atom is 0.274 e. The molecule has 2 aromatic heterocycles. The highest BCUT2D eigenvalue weighted by Crippen LogP contribution is 2.28. The van der Waals surface area contributed by atoms with Crippen molar-refractivity contribution in [1.82, 2.24) is 49.9 Å². The lowest BCUT2D eigenvalue weighted by molar-refractivity contribution is -0.134. The van der Waals surface area contributed by atoms with E-state index < -0.39 is 11.7 Å². The van der Waals surface area contributed by atoms with Crippen LogP contribution in [0.4, 0.5) is 10.1 Å². The lowest BCUT2D eigenvalue weighted by Gasteiger charge is -2.40. The zero-order chi connectivity index (χ0) is 51.0. The number of aryl methyl sites for hydroxylation is 1. The normalized spacial score (nSPS) is 18.1. The van der Waals surface area contributed by atoms with E-state index in [0.29, 0.717) is 105 Å². The minimum Gasteiger partial charge on any atom is -0.345 e. The number of carbonyl (C=O) groups is 5. The van der Waals surface area contributed by atoms with Crippen molar-refractivity contribution in [3.63, 3.8) is 0 Å². The first kappa shape index (κ1) is 53.7. The van der Waals surface area contributed by atoms with E-state index in [-0.39, 0.29) is 66.4 Å². The summed E-state index contributed by atoms with van der Waals surface area (Å²) in [6.45, 7) is 10.3. The molecule has 6 heterocycles. The van der Waals surface area contributed by atoms with Crippen molar-refractivity contribution in [2.24, 2.45) is 11.8 Å². The third-order valence-corrected chi connectivity index (χ3v) is 15.0. The number of nitrogens with one attached hydrogen (secondary N) is 3. The highest BCUT2D eigenvalue weighted by Gasteiger charge is 2.32. The summed E-state index contributed by atoms with van der Waals surface area (Å²) in [7, 11) is 1.81. The number of anilines is 1. The first-order valence-corrected chi connectivity index (χ1v) is 25.8. The zero-order valence-corrected chi connectivity index (χ0v) is 43.4. The fraction of sp³-hybridized carbons (Fsp3) is 0.455. The summed E-state index contributed by atoms with van der Waals surface area (Å²) in [4.78, 5) is 95.1. The van der Waals surface area contributed by atoms with Gasteiger partial charge in [-0.1, -0.05) is 55.5 Å². The molecule has 4 saturated heterocycles. The topological polar surface area (TPSA) is 187 Å². The number of piperidine rings is 2. The van der Waals surface area contributed by atoms with E-state index >= 15 is 4.39 Å². The molecular weight excluding hydrogens is 962 g/mol. The van der Waals surface area contributed by atoms with Gasteiger partial charge in [0.15, 0.2) is 5.69 Å². The van der Waals surface area contributed by atoms with Gasteiger partial charge in [-0.2, -0.15) is 18.6 Å². The number of amides is 5. The highest BCUT2D eigenvalue weighted by atomic mass is 32.1. The van der Waals surface area contributed by atoms with E-state index in [1.807, 2.05) is 42.3 Å². The van der Waals surface area contributed by atoms with Crippen molar-refractivity contribution in [3.05, 3.63) is 123 Å². The molecule has 0 saturated carbocycles. The van der Waals surface area contributed by atoms with Crippen molar-refractivity contribution >= 4 is 59.5 Å². The Hall–Kier alpha value is -6.54. The predicted molar refractivity (Wildman–Crippen MR) is 287 cm³/mol. The molecule has 74 heavy (non-hydrogen) atoms. The molecule has 3 N–H and O–H groups in total. The molecule has 0 bridgehead atoms. The second-order valence-corrected chi connectivity index (χ2v) is 20.1. The Labute approximate surface area is 438 Å². The second-order valence-electron chi connectivity index (χ2n) is 20.1. The summed E-state index contributed by atoms with van der Waals surface area (Å²) < 4.78 is 15.1. The molecule has 1 atom stereocenters. The lowest BCUT2D eigenvalue weighted by atomic mass is 9.95. The molecule has 392 valence electrons. The summed E-state index contributed by atoms with van der Waals surface area (Å²) >= 11 is 0. The van der Waals surface area contributed by atoms with Gasteiger partial charge in [0.1, 0.15) is 5.82 Å². The average Bonchev–Trinajstić information content (AvgIpc) is 3.41. The van der Waals surface area contributed by atoms with Crippen LogP contribution < -0.4 is 16.2 Å². The van der Waals surface area contributed by atoms with Crippen molar-refractivity contribution in [2.45, 2.75) is 45.4 Å². The van der Waals surface area contributed by atoms with Gasteiger partial charge in [-0.25, -0.2) is 14.5 Å². The summed E-state index contributed by atoms with van der Waals surface area (Å²) in [5, 5.41) is 14.2. The summed E-state index contributed by atoms with van der Waals surface area (Å²) in [5.74, 6) is -0.667. The van der Waals surface area contributed by atoms with Gasteiger partial charge in [0, 0.05) is 122 Å². The van der Waals surface area contributed by atoms with Crippen molar-refractivity contribution in [3.8, 4) is 11.1 Å². The molecule has 0 radical (unpaired) electrons. The Morgan fingerprint density at radius 3 is 2.20 bits per heavy atom. The first-order chi connectivity index (χ1) is 35.4. The average molecular weight is 1030 g/mol. The Balaban J connectivity index is 0.00000729. The fourth-order valence-electron chi connectivity index (χ4n) is 10.6. The van der Waals surface area contributed by atoms with Crippen LogP contribution in [0.25, 0.3) is 21.9 Å². The van der Waals surface area contributed by atoms with E-state index in [1.165, 1.54) is 11.6 Å². The smallest absolute Gasteiger partial charge is 0.274 e. The number of benzene rings is 3. The number of hydrogen-bond acceptors (Lipinski definition) is 11. The quantitative estimate of drug-likeness (QED) is 0.136. The number of piperazine rings is 2. The summed E-state index contributed by atoms with van der Waals surface area (Å²) in [6, 6.07) is 21.6. The van der Waals surface area contributed by atoms with Crippen LogP contribution in [0.5, 0.6) is 0 Å². The van der Waals surface area contributed by atoms with Gasteiger partial charge in [0.05, 0.1) is 35.4 Å². The van der Waals surface area contributed by atoms with Gasteiger partial charge in [-0.05, 0) is 78.5 Å². The van der Waals surface area contributed by atoms with Crippen molar-refractivity contribution < 1.29 is 28.4 Å². The molecule has 0 aliphatic carbocycles. The molecule has 0 spiro atoms. The van der Waals surface area contributed by atoms with Crippen LogP contribution in [-0.4, -0.2) is 179 Å². The maximum absolute atomic E-state index is 15.1. The minimum absolute atomic E-state index is 0. The molecule has 9 rings (SSSR count). The molecule has 5 aromatic rings. The van der Waals surface area contributed by atoms with E-state index in [9.17, 15) is 28.8 Å². The molecular formula is C55H68FN11O6S. The highest BCUT2D eigenvalue weighted by molar-refractivity contribution is 7.59. The van der Waals surface area contributed by atoms with Gasteiger partial charge in [0.2, 0.25) is 17.7 Å². The summed E-state index contributed by atoms with van der Waals surface area (Å²) in [5.41, 5.74) is 4.55. The first-order valence-electron chi connectivity index (χ1n) is 25.8. The maximum atomic E-state index is 15.1. The van der Waals surface area contributed by atoms with E-state index in [2.05, 4.69) is 54.7 Å². The Morgan fingerprint density at radius 2 is 1.46 bits per heavy atom. The number of nitrogens with zero attached hydrogens (tertiary/aromatic N) is 8. The second kappa shape index (κ2) is 24.7. The van der Waals surface area contributed by atoms with Gasteiger partial charge in [-0.15, -0.1) is 0 Å². The fourth-order valence-corrected chi connectivity index (χ4v) is 10.6. The summed E-state index contributed by atoms with van der Waals surface area (Å²) in [6.07, 6.45) is 5.88. The zero-order valence-electron chi connectivity index (χ0n) is 42.4. The number of halogens is 1. The molecule has 4 aliphatic rings. The Morgan fingerprint density at radius 1 is 0.743 bits per heavy atom. The molecule has 1 unspecified atom stereocenters. The monoisotopic (exact) mass is 1030 g/mol. The SMILES string of the molecule is CCc1cccc(-c2cnc(C(=O)N3CCC(CN4CCN(CC(=O)N5CCN(C(=O)c6cc(Cc7n[nH]c(=O)c8ccccc78)ccc6F)CC5)CC4)CC3)c(NC(=O)CNCC3CCC(=O)N(C)C3)c2)c1.S. The Kier molecular flexibility index (Phi) is 17.9. The number of hydrogen-bond donors (Lipinski definition) is 3. The number of likely N-dealkylation sites (tertiary alicyclic amines) is 2. The number of aromatic amines is 1. The molecule has 5 amide bonds. The Bertz CT molecular complexity index is 2900. The van der Waals surface area contributed by atoms with Crippen LogP contribution in [0.1, 0.15) is 70.3 Å². The molecule has 17 nitrogen and oxygen atoms in total. The van der Waals surface area contributed by atoms with Crippen LogP contribution in [0, 0.1) is 17.7 Å². The lowest BCUT2D eigenvalue weighted by Crippen LogP contribution is -2.55. The van der Waals surface area contributed by atoms with E-state index in [1.54, 1.807) is 45.2 Å². The van der Waals surface area contributed by atoms with Crippen molar-refractivity contribution in [2.75, 3.05) is 111 Å². The third kappa shape index (κ3) is 13.0. The van der Waals surface area contributed by atoms with Gasteiger partial charge >= 0.3 is 0 Å². The number of H-pyrrole nitrogens is 1. The van der Waals surface area contributed by atoms with Crippen molar-refractivity contribution in [1.29, 1.82) is 0 Å². The third-order valence-electron chi connectivity index (χ3n) is 15.0. The van der Waals surface area contributed by atoms with E-state index in [0.717, 1.165) is 69.5 Å². The number of carbonyl (C=O) groups excluding carboxylic acids is 5. The minimum atomic E-state index is -0.613. The van der Waals surface area contributed by atoms with Gasteiger partial charge in [0.25, 0.3) is 17.4 Å². The van der Waals surface area contributed by atoms with E-state index in [4.69, 9.17) is 0 Å². The predicted octanol–water partition coefficient (Wildman–Crippen LogP) is 4.24. The number of fused-ring (bicyclic) bond motifs is 1. The molecule has 19 heteroatoms. The largest absolute Gasteiger partial charge is 0.345 e. The van der Waals surface area contributed by atoms with Crippen LogP contribution in [0.2, 0.25) is 0 Å². The number of pyridine rings is 1. The van der Waals surface area contributed by atoms with Gasteiger partial charge in [-0.3, -0.25) is 33.7 Å². The molecule has 3 aromatic carbocycles. The van der Waals surface area contributed by atoms with Crippen LogP contribution in [0.3, 0.4) is 0 Å². The standard InChI is InChI=1S/C55H66FN11O6.H2S/c1-3-37-7-6-8-41(27-37)42-30-48(59-49(68)33-57-31-40-12-14-50(69)62(2)34-40)52(58-32-42)55(73)66-17-15-38(16-18-66)35-63-19-21-64(22-20-63)36-51(70)65-23-25-67(26-24-65)54(72)45-28-39(11-13-46(45)56)29-47-43-9-4-5-10-44(43)53(71)61-60-47;/h4-11,13,27-28,30,32,38,40,57H,3,12,14-26,29,31,33-36H2,1-2H3,(H,59,68)(H,61,71);1H2. The number of rotatable bonds is 15. The van der Waals surface area contributed by atoms with Gasteiger partial charge < -0.3 is 35.1 Å². The number of aromatic nitrogens is 3. The van der Waals surface area contributed by atoms with Crippen LogP contribution in [0.15, 0.2) is 83.8 Å². The molecule has 4 aliphatic heterocycles. The van der Waals surface area contributed by atoms with Crippen LogP contribution in [-0.2, 0) is 27.2 Å².